The lowest BCUT2D eigenvalue weighted by atomic mass is 10.2. The van der Waals surface area contributed by atoms with E-state index in [0.29, 0.717) is 24.4 Å². The summed E-state index contributed by atoms with van der Waals surface area (Å²) in [5.74, 6) is 0.891. The van der Waals surface area contributed by atoms with Crippen molar-refractivity contribution in [3.63, 3.8) is 0 Å². The van der Waals surface area contributed by atoms with Crippen LogP contribution in [0.25, 0.3) is 11.4 Å². The maximum absolute atomic E-state index is 12.3. The molecular weight excluding hydrogens is 334 g/mol. The average molecular weight is 355 g/mol. The summed E-state index contributed by atoms with van der Waals surface area (Å²) in [6.45, 7) is 2.95. The van der Waals surface area contributed by atoms with Gasteiger partial charge < -0.3 is 4.57 Å². The second kappa shape index (κ2) is 7.63. The minimum absolute atomic E-state index is 0.306. The molecule has 1 heterocycles. The molecule has 1 N–H and O–H groups in total. The predicted molar refractivity (Wildman–Crippen MR) is 98.6 cm³/mol. The molecule has 0 fully saturated rings. The molecule has 25 heavy (non-hydrogen) atoms. The monoisotopic (exact) mass is 355 g/mol. The van der Waals surface area contributed by atoms with Crippen LogP contribution in [0.15, 0.2) is 71.9 Å². The Kier molecular flexibility index (Phi) is 5.31. The maximum atomic E-state index is 12.3. The number of hydrogen-bond acceptors (Lipinski definition) is 3. The Morgan fingerprint density at radius 2 is 1.88 bits per heavy atom. The first-order valence-electron chi connectivity index (χ1n) is 8.19. The lowest BCUT2D eigenvalue weighted by molar-refractivity contribution is 0.570. The Balaban J connectivity index is 1.59. The van der Waals surface area contributed by atoms with Gasteiger partial charge in [-0.2, -0.15) is 0 Å². The first-order chi connectivity index (χ1) is 12.1. The number of imidazole rings is 1. The fourth-order valence-corrected chi connectivity index (χ4v) is 3.84. The summed E-state index contributed by atoms with van der Waals surface area (Å²) in [5, 5.41) is 0. The second-order valence-corrected chi connectivity index (χ2v) is 7.65. The van der Waals surface area contributed by atoms with Gasteiger partial charge in [-0.05, 0) is 31.0 Å². The van der Waals surface area contributed by atoms with E-state index in [2.05, 4.69) is 9.71 Å². The molecule has 0 saturated heterocycles. The Hall–Kier alpha value is -2.44. The summed E-state index contributed by atoms with van der Waals surface area (Å²) < 4.78 is 29.3. The van der Waals surface area contributed by atoms with Crippen LogP contribution >= 0.6 is 0 Å². The molecule has 3 rings (SSSR count). The third kappa shape index (κ3) is 4.35. The number of hydrogen-bond donors (Lipinski definition) is 1. The van der Waals surface area contributed by atoms with E-state index >= 15 is 0 Å². The van der Waals surface area contributed by atoms with Gasteiger partial charge in [0.15, 0.2) is 0 Å². The van der Waals surface area contributed by atoms with E-state index < -0.39 is 10.0 Å². The number of aromatic nitrogens is 2. The summed E-state index contributed by atoms with van der Waals surface area (Å²) in [4.78, 5) is 4.70. The number of nitrogens with one attached hydrogen (secondary N) is 1. The van der Waals surface area contributed by atoms with E-state index in [4.69, 9.17) is 0 Å². The Labute approximate surface area is 148 Å². The largest absolute Gasteiger partial charge is 0.331 e. The number of nitrogens with zero attached hydrogens (tertiary/aromatic N) is 2. The zero-order valence-corrected chi connectivity index (χ0v) is 14.9. The van der Waals surface area contributed by atoms with E-state index in [0.717, 1.165) is 17.0 Å². The van der Waals surface area contributed by atoms with Crippen molar-refractivity contribution in [1.82, 2.24) is 14.3 Å². The Morgan fingerprint density at radius 1 is 1.08 bits per heavy atom. The van der Waals surface area contributed by atoms with Gasteiger partial charge in [-0.3, -0.25) is 0 Å². The van der Waals surface area contributed by atoms with Crippen molar-refractivity contribution in [2.45, 2.75) is 24.8 Å². The minimum Gasteiger partial charge on any atom is -0.331 e. The molecule has 2 aromatic carbocycles. The quantitative estimate of drug-likeness (QED) is 0.662. The normalized spacial score (nSPS) is 11.6. The third-order valence-corrected chi connectivity index (χ3v) is 5.37. The van der Waals surface area contributed by atoms with Gasteiger partial charge in [-0.25, -0.2) is 18.1 Å². The molecule has 0 aliphatic rings. The molecule has 0 amide bonds. The number of benzene rings is 2. The van der Waals surface area contributed by atoms with Gasteiger partial charge in [0.25, 0.3) is 0 Å². The smallest absolute Gasteiger partial charge is 0.240 e. The van der Waals surface area contributed by atoms with Crippen LogP contribution in [-0.4, -0.2) is 24.5 Å². The summed E-state index contributed by atoms with van der Waals surface area (Å²) in [6, 6.07) is 16.9. The van der Waals surface area contributed by atoms with Gasteiger partial charge in [0.2, 0.25) is 10.0 Å². The van der Waals surface area contributed by atoms with Crippen molar-refractivity contribution in [3.05, 3.63) is 72.6 Å². The van der Waals surface area contributed by atoms with E-state index in [1.165, 1.54) is 0 Å². The third-order valence-electron chi connectivity index (χ3n) is 3.92. The average Bonchev–Trinajstić information content (AvgIpc) is 3.08. The van der Waals surface area contributed by atoms with E-state index in [1.807, 2.05) is 54.1 Å². The van der Waals surface area contributed by atoms with Crippen LogP contribution in [0.4, 0.5) is 0 Å². The molecule has 0 radical (unpaired) electrons. The van der Waals surface area contributed by atoms with Crippen LogP contribution in [0, 0.1) is 6.92 Å². The summed E-state index contributed by atoms with van der Waals surface area (Å²) >= 11 is 0. The van der Waals surface area contributed by atoms with Crippen molar-refractivity contribution in [2.75, 3.05) is 6.54 Å². The molecule has 0 unspecified atom stereocenters. The fraction of sp³-hybridized carbons (Fsp3) is 0.211. The summed E-state index contributed by atoms with van der Waals surface area (Å²) in [5.41, 5.74) is 1.97. The highest BCUT2D eigenvalue weighted by molar-refractivity contribution is 7.89. The van der Waals surface area contributed by atoms with E-state index in [9.17, 15) is 8.42 Å². The van der Waals surface area contributed by atoms with Crippen LogP contribution in [-0.2, 0) is 16.6 Å². The maximum Gasteiger partial charge on any atom is 0.240 e. The zero-order chi connectivity index (χ0) is 17.7. The molecule has 0 aliphatic carbocycles. The van der Waals surface area contributed by atoms with Gasteiger partial charge in [-0.1, -0.05) is 42.5 Å². The molecule has 6 heteroatoms. The lowest BCUT2D eigenvalue weighted by Crippen LogP contribution is -2.25. The first kappa shape index (κ1) is 17.4. The van der Waals surface area contributed by atoms with Gasteiger partial charge in [0.05, 0.1) is 4.90 Å². The summed E-state index contributed by atoms with van der Waals surface area (Å²) in [6.07, 6.45) is 4.36. The van der Waals surface area contributed by atoms with Crippen molar-refractivity contribution in [2.24, 2.45) is 0 Å². The molecule has 0 aliphatic heterocycles. The molecule has 0 spiro atoms. The molecular formula is C19H21N3O2S. The SMILES string of the molecule is Cc1cccc(S(=O)(=O)NCCCn2ccnc2-c2ccccc2)c1. The Morgan fingerprint density at radius 3 is 2.64 bits per heavy atom. The fourth-order valence-electron chi connectivity index (χ4n) is 2.66. The lowest BCUT2D eigenvalue weighted by Gasteiger charge is -2.10. The number of aryl methyl sites for hydroxylation is 2. The van der Waals surface area contributed by atoms with Crippen LogP contribution in [0.2, 0.25) is 0 Å². The molecule has 0 saturated carbocycles. The predicted octanol–water partition coefficient (Wildman–Crippen LogP) is 3.23. The molecule has 5 nitrogen and oxygen atoms in total. The molecule has 1 aromatic heterocycles. The zero-order valence-electron chi connectivity index (χ0n) is 14.1. The van der Waals surface area contributed by atoms with Crippen molar-refractivity contribution >= 4 is 10.0 Å². The molecule has 0 bridgehead atoms. The van der Waals surface area contributed by atoms with Gasteiger partial charge in [-0.15, -0.1) is 0 Å². The highest BCUT2D eigenvalue weighted by Crippen LogP contribution is 2.17. The second-order valence-electron chi connectivity index (χ2n) is 5.88. The highest BCUT2D eigenvalue weighted by atomic mass is 32.2. The van der Waals surface area contributed by atoms with E-state index in [1.54, 1.807) is 24.4 Å². The summed E-state index contributed by atoms with van der Waals surface area (Å²) in [7, 11) is -3.46. The van der Waals surface area contributed by atoms with Crippen molar-refractivity contribution < 1.29 is 8.42 Å². The van der Waals surface area contributed by atoms with Crippen LogP contribution in [0.1, 0.15) is 12.0 Å². The standard InChI is InChI=1S/C19H21N3O2S/c1-16-7-5-10-18(15-16)25(23,24)21-11-6-13-22-14-12-20-19(22)17-8-3-2-4-9-17/h2-5,7-10,12,14-15,21H,6,11,13H2,1H3. The van der Waals surface area contributed by atoms with Gasteiger partial charge >= 0.3 is 0 Å². The number of rotatable bonds is 7. The first-order valence-corrected chi connectivity index (χ1v) is 9.67. The van der Waals surface area contributed by atoms with Crippen molar-refractivity contribution in [3.8, 4) is 11.4 Å². The van der Waals surface area contributed by atoms with Crippen LogP contribution in [0.5, 0.6) is 0 Å². The molecule has 0 atom stereocenters. The minimum atomic E-state index is -3.46. The number of sulfonamides is 1. The Bertz CT molecular complexity index is 934. The highest BCUT2D eigenvalue weighted by Gasteiger charge is 2.13. The van der Waals surface area contributed by atoms with Gasteiger partial charge in [0, 0.05) is 31.0 Å². The van der Waals surface area contributed by atoms with Gasteiger partial charge in [0.1, 0.15) is 5.82 Å². The van der Waals surface area contributed by atoms with Crippen LogP contribution < -0.4 is 4.72 Å². The molecule has 130 valence electrons. The van der Waals surface area contributed by atoms with E-state index in [-0.39, 0.29) is 0 Å². The van der Waals surface area contributed by atoms with Crippen LogP contribution in [0.3, 0.4) is 0 Å². The topological polar surface area (TPSA) is 64.0 Å². The molecule has 3 aromatic rings. The van der Waals surface area contributed by atoms with Crippen molar-refractivity contribution in [1.29, 1.82) is 0 Å².